The number of aromatic nitrogens is 2. The molecule has 1 aromatic carbocycles. The Balaban J connectivity index is 2.42. The molecule has 0 radical (unpaired) electrons. The van der Waals surface area contributed by atoms with Crippen LogP contribution in [0.2, 0.25) is 0 Å². The summed E-state index contributed by atoms with van der Waals surface area (Å²) in [4.78, 5) is 14.5. The third kappa shape index (κ3) is 2.76. The summed E-state index contributed by atoms with van der Waals surface area (Å²) in [7, 11) is 0. The van der Waals surface area contributed by atoms with E-state index in [0.717, 1.165) is 12.1 Å². The van der Waals surface area contributed by atoms with Crippen LogP contribution in [0.5, 0.6) is 0 Å². The van der Waals surface area contributed by atoms with Gasteiger partial charge in [-0.2, -0.15) is 0 Å². The molecule has 1 aromatic heterocycles. The fourth-order valence-electron chi connectivity index (χ4n) is 1.79. The molecule has 102 valence electrons. The molecule has 2 aromatic rings. The number of primary amides is 1. The van der Waals surface area contributed by atoms with Crippen LogP contribution >= 0.6 is 11.6 Å². The van der Waals surface area contributed by atoms with Gasteiger partial charge in [-0.15, -0.1) is 11.6 Å². The Morgan fingerprint density at radius 2 is 2.21 bits per heavy atom. The standard InChI is InChI=1S/C11H10ClF2N3O2/c12-5-9-16-10-7(14)3-6(13)4-8(10)17(9)1-2-19-11(15)18/h3-4H,1-2,5H2,(H2,15,18). The van der Waals surface area contributed by atoms with Gasteiger partial charge in [0.1, 0.15) is 23.8 Å². The minimum Gasteiger partial charge on any atom is -0.448 e. The summed E-state index contributed by atoms with van der Waals surface area (Å²) in [5, 5.41) is 0. The maximum absolute atomic E-state index is 13.6. The highest BCUT2D eigenvalue weighted by molar-refractivity contribution is 6.16. The van der Waals surface area contributed by atoms with E-state index < -0.39 is 17.7 Å². The molecule has 2 rings (SSSR count). The van der Waals surface area contributed by atoms with Crippen molar-refractivity contribution in [2.75, 3.05) is 6.61 Å². The monoisotopic (exact) mass is 289 g/mol. The lowest BCUT2D eigenvalue weighted by Gasteiger charge is -2.07. The van der Waals surface area contributed by atoms with E-state index in [2.05, 4.69) is 9.72 Å². The first-order chi connectivity index (χ1) is 9.02. The molecule has 0 saturated heterocycles. The average Bonchev–Trinajstić information content (AvgIpc) is 2.67. The average molecular weight is 290 g/mol. The number of ether oxygens (including phenoxy) is 1. The van der Waals surface area contributed by atoms with Crippen molar-refractivity contribution in [1.29, 1.82) is 0 Å². The summed E-state index contributed by atoms with van der Waals surface area (Å²) in [6, 6.07) is 1.89. The zero-order valence-electron chi connectivity index (χ0n) is 9.70. The maximum atomic E-state index is 13.6. The number of rotatable bonds is 4. The fraction of sp³-hybridized carbons (Fsp3) is 0.273. The van der Waals surface area contributed by atoms with Gasteiger partial charge in [0.25, 0.3) is 0 Å². The summed E-state index contributed by atoms with van der Waals surface area (Å²) >= 11 is 5.71. The lowest BCUT2D eigenvalue weighted by atomic mass is 10.3. The first kappa shape index (κ1) is 13.5. The van der Waals surface area contributed by atoms with E-state index in [1.54, 1.807) is 0 Å². The van der Waals surface area contributed by atoms with Crippen LogP contribution in [0.4, 0.5) is 13.6 Å². The van der Waals surface area contributed by atoms with Crippen molar-refractivity contribution in [2.45, 2.75) is 12.4 Å². The van der Waals surface area contributed by atoms with Gasteiger partial charge in [-0.1, -0.05) is 0 Å². The molecule has 1 heterocycles. The topological polar surface area (TPSA) is 70.1 Å². The van der Waals surface area contributed by atoms with Crippen LogP contribution in [0, 0.1) is 11.6 Å². The number of carbonyl (C=O) groups is 1. The number of fused-ring (bicyclic) bond motifs is 1. The van der Waals surface area contributed by atoms with Crippen LogP contribution in [-0.2, 0) is 17.2 Å². The van der Waals surface area contributed by atoms with Crippen molar-refractivity contribution in [2.24, 2.45) is 5.73 Å². The molecule has 0 aliphatic carbocycles. The minimum absolute atomic E-state index is 0.0201. The Kier molecular flexibility index (Phi) is 3.84. The van der Waals surface area contributed by atoms with E-state index in [9.17, 15) is 13.6 Å². The van der Waals surface area contributed by atoms with E-state index in [-0.39, 0.29) is 30.1 Å². The summed E-state index contributed by atoms with van der Waals surface area (Å²) < 4.78 is 32.9. The largest absolute Gasteiger partial charge is 0.448 e. The normalized spacial score (nSPS) is 10.9. The zero-order valence-corrected chi connectivity index (χ0v) is 10.5. The van der Waals surface area contributed by atoms with Crippen molar-refractivity contribution < 1.29 is 18.3 Å². The van der Waals surface area contributed by atoms with Crippen LogP contribution < -0.4 is 5.73 Å². The van der Waals surface area contributed by atoms with Gasteiger partial charge >= 0.3 is 6.09 Å². The highest BCUT2D eigenvalue weighted by Gasteiger charge is 2.15. The van der Waals surface area contributed by atoms with Crippen molar-refractivity contribution >= 4 is 28.7 Å². The molecular weight excluding hydrogens is 280 g/mol. The van der Waals surface area contributed by atoms with E-state index in [1.807, 2.05) is 0 Å². The number of hydrogen-bond donors (Lipinski definition) is 1. The number of amides is 1. The zero-order chi connectivity index (χ0) is 14.0. The highest BCUT2D eigenvalue weighted by Crippen LogP contribution is 2.21. The molecule has 0 aliphatic rings. The van der Waals surface area contributed by atoms with Gasteiger partial charge in [0.2, 0.25) is 0 Å². The van der Waals surface area contributed by atoms with Crippen molar-refractivity contribution in [3.8, 4) is 0 Å². The summed E-state index contributed by atoms with van der Waals surface area (Å²) in [5.41, 5.74) is 5.11. The second kappa shape index (κ2) is 5.40. The van der Waals surface area contributed by atoms with Crippen LogP contribution in [-0.4, -0.2) is 22.3 Å². The Morgan fingerprint density at radius 3 is 2.84 bits per heavy atom. The van der Waals surface area contributed by atoms with Gasteiger partial charge in [0.15, 0.2) is 5.82 Å². The van der Waals surface area contributed by atoms with Gasteiger partial charge in [-0.25, -0.2) is 18.6 Å². The molecule has 2 N–H and O–H groups in total. The second-order valence-corrected chi connectivity index (χ2v) is 4.00. The van der Waals surface area contributed by atoms with Crippen LogP contribution in [0.25, 0.3) is 11.0 Å². The third-order valence-corrected chi connectivity index (χ3v) is 2.77. The van der Waals surface area contributed by atoms with E-state index in [1.165, 1.54) is 4.57 Å². The van der Waals surface area contributed by atoms with Crippen molar-refractivity contribution in [3.63, 3.8) is 0 Å². The number of benzene rings is 1. The van der Waals surface area contributed by atoms with Gasteiger partial charge < -0.3 is 15.0 Å². The predicted octanol–water partition coefficient (Wildman–Crippen LogP) is 2.15. The smallest absolute Gasteiger partial charge is 0.404 e. The molecule has 19 heavy (non-hydrogen) atoms. The number of carbonyl (C=O) groups excluding carboxylic acids is 1. The first-order valence-electron chi connectivity index (χ1n) is 5.35. The van der Waals surface area contributed by atoms with E-state index in [0.29, 0.717) is 5.82 Å². The molecule has 0 spiro atoms. The number of alkyl halides is 1. The Labute approximate surface area is 111 Å². The Morgan fingerprint density at radius 1 is 1.47 bits per heavy atom. The molecule has 0 fully saturated rings. The number of nitrogens with two attached hydrogens (primary N) is 1. The minimum atomic E-state index is -0.922. The van der Waals surface area contributed by atoms with Gasteiger partial charge in [0.05, 0.1) is 17.9 Å². The second-order valence-electron chi connectivity index (χ2n) is 3.74. The maximum Gasteiger partial charge on any atom is 0.404 e. The van der Waals surface area contributed by atoms with Crippen LogP contribution in [0.3, 0.4) is 0 Å². The molecule has 0 atom stereocenters. The molecule has 0 bridgehead atoms. The number of imidazole rings is 1. The summed E-state index contributed by atoms with van der Waals surface area (Å²) in [6.07, 6.45) is -0.922. The fourth-order valence-corrected chi connectivity index (χ4v) is 1.99. The third-order valence-electron chi connectivity index (χ3n) is 2.53. The Bertz CT molecular complexity index is 630. The van der Waals surface area contributed by atoms with E-state index >= 15 is 0 Å². The lowest BCUT2D eigenvalue weighted by molar-refractivity contribution is 0.152. The van der Waals surface area contributed by atoms with Gasteiger partial charge in [-0.3, -0.25) is 0 Å². The van der Waals surface area contributed by atoms with Gasteiger partial charge in [-0.05, 0) is 6.07 Å². The number of nitrogens with zero attached hydrogens (tertiary/aromatic N) is 2. The van der Waals surface area contributed by atoms with E-state index in [4.69, 9.17) is 17.3 Å². The van der Waals surface area contributed by atoms with Crippen LogP contribution in [0.1, 0.15) is 5.82 Å². The molecule has 0 aliphatic heterocycles. The summed E-state index contributed by atoms with van der Waals surface area (Å²) in [5.74, 6) is -1.11. The van der Waals surface area contributed by atoms with Gasteiger partial charge in [0, 0.05) is 6.07 Å². The molecule has 5 nitrogen and oxygen atoms in total. The lowest BCUT2D eigenvalue weighted by Crippen LogP contribution is -2.17. The first-order valence-corrected chi connectivity index (χ1v) is 5.88. The Hall–Kier alpha value is -1.89. The molecule has 8 heteroatoms. The predicted molar refractivity (Wildman–Crippen MR) is 64.7 cm³/mol. The number of halogens is 3. The highest BCUT2D eigenvalue weighted by atomic mass is 35.5. The number of hydrogen-bond acceptors (Lipinski definition) is 3. The summed E-state index contributed by atoms with van der Waals surface area (Å²) in [6.45, 7) is 0.118. The molecule has 1 amide bonds. The van der Waals surface area contributed by atoms with Crippen molar-refractivity contribution in [3.05, 3.63) is 29.6 Å². The molecule has 0 unspecified atom stereocenters. The molecular formula is C11H10ClF2N3O2. The molecule has 0 saturated carbocycles. The van der Waals surface area contributed by atoms with Crippen LogP contribution in [0.15, 0.2) is 12.1 Å². The quantitative estimate of drug-likeness (QED) is 0.877. The van der Waals surface area contributed by atoms with Crippen molar-refractivity contribution in [1.82, 2.24) is 9.55 Å². The SMILES string of the molecule is NC(=O)OCCn1c(CCl)nc2c(F)cc(F)cc21.